The van der Waals surface area contributed by atoms with Gasteiger partial charge in [-0.2, -0.15) is 0 Å². The molecule has 2 nitrogen and oxygen atoms in total. The van der Waals surface area contributed by atoms with Crippen molar-refractivity contribution >= 4 is 15.9 Å². The van der Waals surface area contributed by atoms with Crippen molar-refractivity contribution in [2.75, 3.05) is 13.3 Å². The van der Waals surface area contributed by atoms with Gasteiger partial charge in [-0.1, -0.05) is 34.1 Å². The van der Waals surface area contributed by atoms with E-state index in [0.717, 1.165) is 22.9 Å². The van der Waals surface area contributed by atoms with E-state index in [1.54, 1.807) is 0 Å². The Hall–Kier alpha value is -0.450. The van der Waals surface area contributed by atoms with Crippen LogP contribution in [0.1, 0.15) is 24.4 Å². The van der Waals surface area contributed by atoms with E-state index in [1.807, 2.05) is 24.3 Å². The summed E-state index contributed by atoms with van der Waals surface area (Å²) in [5, 5.41) is 12.3. The number of halogens is 2. The number of hydrogen-bond donors (Lipinski definition) is 2. The van der Waals surface area contributed by atoms with Crippen molar-refractivity contribution in [3.05, 3.63) is 34.3 Å². The third kappa shape index (κ3) is 3.06. The van der Waals surface area contributed by atoms with Crippen LogP contribution in [0.2, 0.25) is 0 Å². The average molecular weight is 302 g/mol. The van der Waals surface area contributed by atoms with Crippen LogP contribution in [0.15, 0.2) is 28.7 Å². The maximum atomic E-state index is 13.1. The molecule has 17 heavy (non-hydrogen) atoms. The Balaban J connectivity index is 1.96. The second-order valence-corrected chi connectivity index (χ2v) is 5.47. The molecule has 0 aromatic heterocycles. The second-order valence-electron chi connectivity index (χ2n) is 4.61. The van der Waals surface area contributed by atoms with Gasteiger partial charge >= 0.3 is 0 Å². The Bertz CT molecular complexity index is 368. The minimum Gasteiger partial charge on any atom is -0.396 e. The molecule has 4 heteroatoms. The van der Waals surface area contributed by atoms with Crippen LogP contribution < -0.4 is 5.32 Å². The van der Waals surface area contributed by atoms with Gasteiger partial charge in [0.05, 0.1) is 6.04 Å². The van der Waals surface area contributed by atoms with Gasteiger partial charge in [0.1, 0.15) is 6.67 Å². The number of benzene rings is 1. The minimum atomic E-state index is -0.414. The lowest BCUT2D eigenvalue weighted by molar-refractivity contribution is 0.117. The first kappa shape index (κ1) is 13.0. The molecule has 0 radical (unpaired) electrons. The number of aliphatic hydroxyl groups excluding tert-OH is 1. The Kier molecular flexibility index (Phi) is 4.54. The predicted octanol–water partition coefficient (Wildman–Crippen LogP) is 2.82. The molecule has 2 rings (SSSR count). The Labute approximate surface area is 109 Å². The van der Waals surface area contributed by atoms with Gasteiger partial charge in [-0.3, -0.25) is 0 Å². The summed E-state index contributed by atoms with van der Waals surface area (Å²) in [5.74, 6) is 0.395. The largest absolute Gasteiger partial charge is 0.396 e. The quantitative estimate of drug-likeness (QED) is 0.876. The van der Waals surface area contributed by atoms with Crippen molar-refractivity contribution in [3.8, 4) is 0 Å². The molecule has 1 unspecified atom stereocenters. The highest BCUT2D eigenvalue weighted by Crippen LogP contribution is 2.31. The van der Waals surface area contributed by atoms with Gasteiger partial charge in [0.2, 0.25) is 0 Å². The molecule has 94 valence electrons. The van der Waals surface area contributed by atoms with Gasteiger partial charge in [0.15, 0.2) is 0 Å². The standard InChI is InChI=1S/C13H17BrFNO/c14-12-4-2-1-3-11(12)13(7-15)16-10-5-9(6-10)8-17/h1-4,9-10,13,16-17H,5-8H2. The maximum Gasteiger partial charge on any atom is 0.109 e. The predicted molar refractivity (Wildman–Crippen MR) is 69.6 cm³/mol. The van der Waals surface area contributed by atoms with Gasteiger partial charge in [0, 0.05) is 17.1 Å². The number of hydrogen-bond acceptors (Lipinski definition) is 2. The van der Waals surface area contributed by atoms with E-state index in [-0.39, 0.29) is 12.6 Å². The molecule has 2 N–H and O–H groups in total. The van der Waals surface area contributed by atoms with E-state index in [0.29, 0.717) is 12.0 Å². The van der Waals surface area contributed by atoms with Gasteiger partial charge in [-0.05, 0) is 30.4 Å². The van der Waals surface area contributed by atoms with E-state index >= 15 is 0 Å². The first-order chi connectivity index (χ1) is 8.24. The van der Waals surface area contributed by atoms with Gasteiger partial charge in [-0.25, -0.2) is 4.39 Å². The molecule has 0 spiro atoms. The molecule has 0 aliphatic heterocycles. The van der Waals surface area contributed by atoms with E-state index < -0.39 is 6.67 Å². The lowest BCUT2D eigenvalue weighted by Crippen LogP contribution is -2.44. The molecule has 1 fully saturated rings. The van der Waals surface area contributed by atoms with E-state index in [1.165, 1.54) is 0 Å². The molecule has 1 aliphatic carbocycles. The SMILES string of the molecule is OCC1CC(NC(CF)c2ccccc2Br)C1. The molecular weight excluding hydrogens is 285 g/mol. The molecule has 0 bridgehead atoms. The molecule has 1 aromatic rings. The summed E-state index contributed by atoms with van der Waals surface area (Å²) >= 11 is 3.45. The molecule has 0 saturated heterocycles. The topological polar surface area (TPSA) is 32.3 Å². The molecule has 1 saturated carbocycles. The molecule has 1 aliphatic rings. The summed E-state index contributed by atoms with van der Waals surface area (Å²) in [7, 11) is 0. The fraction of sp³-hybridized carbons (Fsp3) is 0.538. The Morgan fingerprint density at radius 2 is 2.12 bits per heavy atom. The van der Waals surface area contributed by atoms with E-state index in [9.17, 15) is 4.39 Å². The first-order valence-corrected chi connectivity index (χ1v) is 6.71. The summed E-state index contributed by atoms with van der Waals surface area (Å²) in [6.07, 6.45) is 1.88. The Morgan fingerprint density at radius 3 is 2.71 bits per heavy atom. The number of aliphatic hydroxyl groups is 1. The molecule has 0 amide bonds. The Morgan fingerprint density at radius 1 is 1.41 bits per heavy atom. The fourth-order valence-electron chi connectivity index (χ4n) is 2.28. The maximum absolute atomic E-state index is 13.1. The van der Waals surface area contributed by atoms with Crippen molar-refractivity contribution in [2.24, 2.45) is 5.92 Å². The van der Waals surface area contributed by atoms with Gasteiger partial charge in [0.25, 0.3) is 0 Å². The van der Waals surface area contributed by atoms with Crippen LogP contribution in [0.25, 0.3) is 0 Å². The zero-order valence-electron chi connectivity index (χ0n) is 9.57. The highest BCUT2D eigenvalue weighted by molar-refractivity contribution is 9.10. The number of alkyl halides is 1. The third-order valence-electron chi connectivity index (χ3n) is 3.37. The van der Waals surface area contributed by atoms with Crippen molar-refractivity contribution in [2.45, 2.75) is 24.9 Å². The number of rotatable bonds is 5. The van der Waals surface area contributed by atoms with Crippen molar-refractivity contribution in [1.29, 1.82) is 0 Å². The van der Waals surface area contributed by atoms with Crippen molar-refractivity contribution in [1.82, 2.24) is 5.32 Å². The highest BCUT2D eigenvalue weighted by Gasteiger charge is 2.30. The molecular formula is C13H17BrFNO. The lowest BCUT2D eigenvalue weighted by Gasteiger charge is -2.37. The fourth-order valence-corrected chi connectivity index (χ4v) is 2.84. The average Bonchev–Trinajstić information content (AvgIpc) is 2.29. The summed E-state index contributed by atoms with van der Waals surface area (Å²) in [6, 6.07) is 7.78. The summed E-state index contributed by atoms with van der Waals surface area (Å²) in [4.78, 5) is 0. The van der Waals surface area contributed by atoms with E-state index in [4.69, 9.17) is 5.11 Å². The first-order valence-electron chi connectivity index (χ1n) is 5.92. The van der Waals surface area contributed by atoms with Crippen LogP contribution in [0, 0.1) is 5.92 Å². The molecule has 1 aromatic carbocycles. The van der Waals surface area contributed by atoms with Crippen molar-refractivity contribution in [3.63, 3.8) is 0 Å². The van der Waals surface area contributed by atoms with Gasteiger partial charge < -0.3 is 10.4 Å². The third-order valence-corrected chi connectivity index (χ3v) is 4.09. The van der Waals surface area contributed by atoms with Crippen LogP contribution >= 0.6 is 15.9 Å². The van der Waals surface area contributed by atoms with Crippen molar-refractivity contribution < 1.29 is 9.50 Å². The van der Waals surface area contributed by atoms with E-state index in [2.05, 4.69) is 21.2 Å². The van der Waals surface area contributed by atoms with Crippen LogP contribution in [-0.4, -0.2) is 24.4 Å². The van der Waals surface area contributed by atoms with Crippen LogP contribution in [0.4, 0.5) is 4.39 Å². The highest BCUT2D eigenvalue weighted by atomic mass is 79.9. The second kappa shape index (κ2) is 5.94. The van der Waals surface area contributed by atoms with Crippen LogP contribution in [0.5, 0.6) is 0 Å². The van der Waals surface area contributed by atoms with Gasteiger partial charge in [-0.15, -0.1) is 0 Å². The van der Waals surface area contributed by atoms with Crippen LogP contribution in [-0.2, 0) is 0 Å². The normalized spacial score (nSPS) is 25.4. The summed E-state index contributed by atoms with van der Waals surface area (Å²) in [5.41, 5.74) is 0.961. The monoisotopic (exact) mass is 301 g/mol. The zero-order chi connectivity index (χ0) is 12.3. The lowest BCUT2D eigenvalue weighted by atomic mass is 9.80. The zero-order valence-corrected chi connectivity index (χ0v) is 11.2. The minimum absolute atomic E-state index is 0.244. The summed E-state index contributed by atoms with van der Waals surface area (Å²) < 4.78 is 14.0. The van der Waals surface area contributed by atoms with Crippen LogP contribution in [0.3, 0.4) is 0 Å². The molecule has 0 heterocycles. The number of nitrogens with one attached hydrogen (secondary N) is 1. The smallest absolute Gasteiger partial charge is 0.109 e. The summed E-state index contributed by atoms with van der Waals surface area (Å²) in [6.45, 7) is -0.170. The molecule has 1 atom stereocenters.